The smallest absolute Gasteiger partial charge is 0.350 e. The standard InChI is InChI=1S/C22H30N6O3/c1-22(13-25(2)11-4-10-23)9-12-26(14-22)17-8-7-16-18(19(17)31-3)27(15-5-6-15)21(30)28(24)20(16)29/h7-8,15H,4-6,9,11-14,24H2,1-3H3. The van der Waals surface area contributed by atoms with Gasteiger partial charge >= 0.3 is 5.69 Å². The van der Waals surface area contributed by atoms with Gasteiger partial charge in [-0.25, -0.2) is 4.79 Å². The summed E-state index contributed by atoms with van der Waals surface area (Å²) in [6.07, 6.45) is 3.30. The molecule has 2 aromatic rings. The Morgan fingerprint density at radius 3 is 2.74 bits per heavy atom. The minimum Gasteiger partial charge on any atom is -0.492 e. The van der Waals surface area contributed by atoms with Crippen molar-refractivity contribution in [3.8, 4) is 11.8 Å². The molecule has 31 heavy (non-hydrogen) atoms. The zero-order valence-corrected chi connectivity index (χ0v) is 18.4. The number of benzene rings is 1. The van der Waals surface area contributed by atoms with Gasteiger partial charge in [0.15, 0.2) is 5.75 Å². The normalized spacial score (nSPS) is 21.1. The van der Waals surface area contributed by atoms with Crippen molar-refractivity contribution in [2.75, 3.05) is 51.1 Å². The topological polar surface area (TPSA) is 110 Å². The number of nitriles is 1. The summed E-state index contributed by atoms with van der Waals surface area (Å²) in [5, 5.41) is 9.24. The van der Waals surface area contributed by atoms with Gasteiger partial charge in [0.25, 0.3) is 5.56 Å². The molecule has 0 bridgehead atoms. The summed E-state index contributed by atoms with van der Waals surface area (Å²) in [6.45, 7) is 5.59. The molecule has 1 aliphatic carbocycles. The summed E-state index contributed by atoms with van der Waals surface area (Å²) < 4.78 is 8.13. The van der Waals surface area contributed by atoms with E-state index in [1.165, 1.54) is 0 Å². The molecule has 4 rings (SSSR count). The summed E-state index contributed by atoms with van der Waals surface area (Å²) in [6, 6.07) is 5.90. The highest BCUT2D eigenvalue weighted by atomic mass is 16.5. The number of aromatic nitrogens is 2. The zero-order valence-electron chi connectivity index (χ0n) is 18.4. The molecule has 1 saturated carbocycles. The average molecular weight is 427 g/mol. The van der Waals surface area contributed by atoms with Crippen molar-refractivity contribution in [2.24, 2.45) is 5.41 Å². The third-order valence-corrected chi connectivity index (χ3v) is 6.48. The fourth-order valence-electron chi connectivity index (χ4n) is 4.85. The second-order valence-corrected chi connectivity index (χ2v) is 9.20. The summed E-state index contributed by atoms with van der Waals surface area (Å²) in [5.41, 5.74) is 0.495. The molecule has 0 radical (unpaired) electrons. The molecule has 166 valence electrons. The molecule has 2 aliphatic rings. The fourth-order valence-corrected chi connectivity index (χ4v) is 4.85. The Kier molecular flexibility index (Phi) is 5.43. The van der Waals surface area contributed by atoms with E-state index in [1.54, 1.807) is 17.7 Å². The number of nitrogens with two attached hydrogens (primary N) is 1. The molecule has 2 N–H and O–H groups in total. The number of hydrogen-bond acceptors (Lipinski definition) is 7. The van der Waals surface area contributed by atoms with E-state index in [4.69, 9.17) is 15.8 Å². The first-order valence-electron chi connectivity index (χ1n) is 10.7. The molecule has 9 heteroatoms. The number of ether oxygens (including phenoxy) is 1. The van der Waals surface area contributed by atoms with E-state index < -0.39 is 11.2 Å². The molecule has 1 aromatic heterocycles. The highest BCUT2D eigenvalue weighted by Gasteiger charge is 2.37. The van der Waals surface area contributed by atoms with Crippen LogP contribution in [0, 0.1) is 16.7 Å². The van der Waals surface area contributed by atoms with Crippen molar-refractivity contribution in [3.05, 3.63) is 33.0 Å². The van der Waals surface area contributed by atoms with Gasteiger partial charge in [-0.05, 0) is 43.9 Å². The van der Waals surface area contributed by atoms with Crippen LogP contribution >= 0.6 is 0 Å². The average Bonchev–Trinajstić information content (AvgIpc) is 3.51. The maximum Gasteiger partial charge on any atom is 0.350 e. The van der Waals surface area contributed by atoms with Crippen molar-refractivity contribution >= 4 is 16.6 Å². The summed E-state index contributed by atoms with van der Waals surface area (Å²) in [5.74, 6) is 6.33. The lowest BCUT2D eigenvalue weighted by Crippen LogP contribution is -2.44. The van der Waals surface area contributed by atoms with E-state index >= 15 is 0 Å². The number of anilines is 1. The maximum atomic E-state index is 12.8. The quantitative estimate of drug-likeness (QED) is 0.664. The van der Waals surface area contributed by atoms with Gasteiger partial charge in [0.2, 0.25) is 0 Å². The van der Waals surface area contributed by atoms with Crippen LogP contribution in [0.25, 0.3) is 10.9 Å². The summed E-state index contributed by atoms with van der Waals surface area (Å²) >= 11 is 0. The van der Waals surface area contributed by atoms with Crippen molar-refractivity contribution < 1.29 is 4.74 Å². The molecule has 2 heterocycles. The molecule has 1 atom stereocenters. The highest BCUT2D eigenvalue weighted by Crippen LogP contribution is 2.43. The zero-order chi connectivity index (χ0) is 22.3. The second kappa shape index (κ2) is 7.93. The van der Waals surface area contributed by atoms with Crippen LogP contribution in [0.2, 0.25) is 0 Å². The van der Waals surface area contributed by atoms with Gasteiger partial charge in [-0.15, -0.1) is 0 Å². The first-order valence-corrected chi connectivity index (χ1v) is 10.7. The van der Waals surface area contributed by atoms with Crippen LogP contribution in [-0.2, 0) is 0 Å². The SMILES string of the molecule is COc1c(N2CCC(C)(CN(C)CCC#N)C2)ccc2c(=O)n(N)c(=O)n(C3CC3)c12. The molecule has 0 amide bonds. The van der Waals surface area contributed by atoms with Crippen LogP contribution in [0.5, 0.6) is 5.75 Å². The van der Waals surface area contributed by atoms with E-state index in [-0.39, 0.29) is 11.5 Å². The van der Waals surface area contributed by atoms with E-state index in [0.29, 0.717) is 27.7 Å². The maximum absolute atomic E-state index is 12.8. The molecule has 2 fully saturated rings. The third-order valence-electron chi connectivity index (χ3n) is 6.48. The molecule has 1 saturated heterocycles. The summed E-state index contributed by atoms with van der Waals surface area (Å²) in [7, 11) is 3.63. The Labute approximate surface area is 181 Å². The number of nitrogen functional groups attached to an aromatic ring is 1. The molecular formula is C22H30N6O3. The van der Waals surface area contributed by atoms with Gasteiger partial charge in [0.1, 0.15) is 5.52 Å². The number of methoxy groups -OCH3 is 1. The predicted molar refractivity (Wildman–Crippen MR) is 120 cm³/mol. The van der Waals surface area contributed by atoms with Gasteiger partial charge in [0.05, 0.1) is 24.3 Å². The molecule has 1 aliphatic heterocycles. The molecule has 1 aromatic carbocycles. The van der Waals surface area contributed by atoms with E-state index in [9.17, 15) is 9.59 Å². The largest absolute Gasteiger partial charge is 0.492 e. The van der Waals surface area contributed by atoms with Crippen molar-refractivity contribution in [1.82, 2.24) is 14.1 Å². The van der Waals surface area contributed by atoms with Crippen LogP contribution in [0.1, 0.15) is 38.6 Å². The Morgan fingerprint density at radius 2 is 2.10 bits per heavy atom. The molecule has 0 spiro atoms. The number of rotatable bonds is 7. The van der Waals surface area contributed by atoms with Crippen LogP contribution in [0.15, 0.2) is 21.7 Å². The Balaban J connectivity index is 1.74. The monoisotopic (exact) mass is 426 g/mol. The lowest BCUT2D eigenvalue weighted by atomic mass is 9.89. The molecular weight excluding hydrogens is 396 g/mol. The molecule has 1 unspecified atom stereocenters. The fraction of sp³-hybridized carbons (Fsp3) is 0.591. The third kappa shape index (κ3) is 3.76. The van der Waals surface area contributed by atoms with Gasteiger partial charge in [-0.1, -0.05) is 6.92 Å². The van der Waals surface area contributed by atoms with Gasteiger partial charge in [-0.2, -0.15) is 9.94 Å². The van der Waals surface area contributed by atoms with Crippen LogP contribution in [0.4, 0.5) is 5.69 Å². The number of hydrogen-bond donors (Lipinski definition) is 1. The van der Waals surface area contributed by atoms with E-state index in [1.807, 2.05) is 13.1 Å². The lowest BCUT2D eigenvalue weighted by molar-refractivity contribution is 0.214. The molecule has 9 nitrogen and oxygen atoms in total. The van der Waals surface area contributed by atoms with Gasteiger partial charge in [-0.3, -0.25) is 9.36 Å². The highest BCUT2D eigenvalue weighted by molar-refractivity contribution is 5.90. The van der Waals surface area contributed by atoms with Crippen molar-refractivity contribution in [3.63, 3.8) is 0 Å². The van der Waals surface area contributed by atoms with Crippen molar-refractivity contribution in [2.45, 2.75) is 38.6 Å². The van der Waals surface area contributed by atoms with E-state index in [2.05, 4.69) is 22.8 Å². The minimum absolute atomic E-state index is 0.0483. The Hall–Kier alpha value is -2.99. The first-order chi connectivity index (χ1) is 14.8. The predicted octanol–water partition coefficient (Wildman–Crippen LogP) is 1.28. The van der Waals surface area contributed by atoms with Crippen LogP contribution < -0.4 is 26.7 Å². The van der Waals surface area contributed by atoms with E-state index in [0.717, 1.165) is 51.1 Å². The Morgan fingerprint density at radius 1 is 1.35 bits per heavy atom. The van der Waals surface area contributed by atoms with Gasteiger partial charge < -0.3 is 20.4 Å². The summed E-state index contributed by atoms with van der Waals surface area (Å²) in [4.78, 5) is 30.0. The lowest BCUT2D eigenvalue weighted by Gasteiger charge is -2.30. The van der Waals surface area contributed by atoms with Crippen LogP contribution in [0.3, 0.4) is 0 Å². The second-order valence-electron chi connectivity index (χ2n) is 9.20. The van der Waals surface area contributed by atoms with Gasteiger partial charge in [0, 0.05) is 38.6 Å². The Bertz CT molecular complexity index is 1160. The van der Waals surface area contributed by atoms with Crippen LogP contribution in [-0.4, -0.2) is 54.5 Å². The van der Waals surface area contributed by atoms with Crippen molar-refractivity contribution in [1.29, 1.82) is 5.26 Å². The number of fused-ring (bicyclic) bond motifs is 1. The minimum atomic E-state index is -0.507. The number of nitrogens with zero attached hydrogens (tertiary/aromatic N) is 5. The first kappa shape index (κ1) is 21.2.